The quantitative estimate of drug-likeness (QED) is 0.767. The summed E-state index contributed by atoms with van der Waals surface area (Å²) in [5.41, 5.74) is 1.11. The van der Waals surface area contributed by atoms with E-state index in [4.69, 9.17) is 0 Å². The van der Waals surface area contributed by atoms with Gasteiger partial charge in [-0.2, -0.15) is 0 Å². The lowest BCUT2D eigenvalue weighted by molar-refractivity contribution is -0.133. The maximum atomic E-state index is 12.8. The van der Waals surface area contributed by atoms with E-state index >= 15 is 0 Å². The van der Waals surface area contributed by atoms with Gasteiger partial charge in [0.25, 0.3) is 0 Å². The number of piperazine rings is 1. The van der Waals surface area contributed by atoms with Crippen LogP contribution in [0.2, 0.25) is 0 Å². The lowest BCUT2D eigenvalue weighted by Crippen LogP contribution is -2.53. The number of thioether (sulfide) groups is 1. The zero-order chi connectivity index (χ0) is 19.9. The van der Waals surface area contributed by atoms with Crippen LogP contribution >= 0.6 is 11.8 Å². The van der Waals surface area contributed by atoms with Crippen LogP contribution in [0.15, 0.2) is 30.3 Å². The summed E-state index contributed by atoms with van der Waals surface area (Å²) in [6.07, 6.45) is 1.31. The molecule has 0 radical (unpaired) electrons. The van der Waals surface area contributed by atoms with E-state index in [1.165, 1.54) is 11.8 Å². The zero-order valence-electron chi connectivity index (χ0n) is 16.3. The third-order valence-corrected chi connectivity index (χ3v) is 6.22. The Morgan fingerprint density at radius 1 is 1.18 bits per heavy atom. The third kappa shape index (κ3) is 5.72. The largest absolute Gasteiger partial charge is 0.339 e. The number of urea groups is 1. The predicted molar refractivity (Wildman–Crippen MR) is 110 cm³/mol. The van der Waals surface area contributed by atoms with Crippen molar-refractivity contribution in [3.05, 3.63) is 35.9 Å². The first-order valence-electron chi connectivity index (χ1n) is 9.75. The van der Waals surface area contributed by atoms with E-state index in [0.717, 1.165) is 24.4 Å². The number of likely N-dealkylation sites (N-methyl/N-ethyl adjacent to an activating group) is 1. The monoisotopic (exact) mass is 404 g/mol. The topological polar surface area (TPSA) is 73.0 Å². The van der Waals surface area contributed by atoms with Crippen LogP contribution in [0.3, 0.4) is 0 Å². The highest BCUT2D eigenvalue weighted by atomic mass is 32.2. The predicted octanol–water partition coefficient (Wildman–Crippen LogP) is 1.05. The van der Waals surface area contributed by atoms with Crippen LogP contribution in [0, 0.1) is 0 Å². The maximum Gasteiger partial charge on any atom is 0.318 e. The molecule has 7 nitrogen and oxygen atoms in total. The molecule has 0 saturated carbocycles. The molecule has 2 aliphatic heterocycles. The standard InChI is InChI=1S/C20H28N4O3S/c1-22-10-12-23(13-11-22)18(25)15-24(9-7-16-5-3-2-4-6-16)20(27)21-17-8-14-28-19(17)26/h2-6,17H,7-15H2,1H3,(H,21,27). The van der Waals surface area contributed by atoms with E-state index in [1.54, 1.807) is 4.90 Å². The Kier molecular flexibility index (Phi) is 7.33. The molecule has 1 atom stereocenters. The van der Waals surface area contributed by atoms with Crippen LogP contribution in [0.4, 0.5) is 4.79 Å². The number of carbonyl (C=O) groups is 3. The minimum Gasteiger partial charge on any atom is -0.339 e. The number of hydrogen-bond acceptors (Lipinski definition) is 5. The number of benzene rings is 1. The van der Waals surface area contributed by atoms with Crippen molar-refractivity contribution in [1.29, 1.82) is 0 Å². The summed E-state index contributed by atoms with van der Waals surface area (Å²) in [5, 5.41) is 2.82. The summed E-state index contributed by atoms with van der Waals surface area (Å²) in [6.45, 7) is 3.52. The zero-order valence-corrected chi connectivity index (χ0v) is 17.1. The van der Waals surface area contributed by atoms with Crippen LogP contribution in [0.5, 0.6) is 0 Å². The molecule has 1 N–H and O–H groups in total. The fraction of sp³-hybridized carbons (Fsp3) is 0.550. The lowest BCUT2D eigenvalue weighted by atomic mass is 10.1. The smallest absolute Gasteiger partial charge is 0.318 e. The molecule has 28 heavy (non-hydrogen) atoms. The Morgan fingerprint density at radius 3 is 2.54 bits per heavy atom. The van der Waals surface area contributed by atoms with Gasteiger partial charge in [0.1, 0.15) is 12.6 Å². The van der Waals surface area contributed by atoms with Gasteiger partial charge in [0.2, 0.25) is 11.0 Å². The molecule has 8 heteroatoms. The van der Waals surface area contributed by atoms with E-state index < -0.39 is 6.04 Å². The number of rotatable bonds is 6. The van der Waals surface area contributed by atoms with Crippen LogP contribution < -0.4 is 5.32 Å². The molecule has 3 amide bonds. The summed E-state index contributed by atoms with van der Waals surface area (Å²) in [5.74, 6) is 0.692. The molecule has 1 unspecified atom stereocenters. The molecule has 152 valence electrons. The normalized spacial score (nSPS) is 20.2. The van der Waals surface area contributed by atoms with E-state index in [0.29, 0.717) is 32.5 Å². The van der Waals surface area contributed by atoms with Crippen molar-refractivity contribution < 1.29 is 14.4 Å². The van der Waals surface area contributed by atoms with Gasteiger partial charge in [-0.15, -0.1) is 0 Å². The van der Waals surface area contributed by atoms with Crippen molar-refractivity contribution >= 4 is 28.8 Å². The minimum absolute atomic E-state index is 0.00162. The lowest BCUT2D eigenvalue weighted by Gasteiger charge is -2.34. The maximum absolute atomic E-state index is 12.8. The van der Waals surface area contributed by atoms with Crippen molar-refractivity contribution in [3.8, 4) is 0 Å². The van der Waals surface area contributed by atoms with Crippen molar-refractivity contribution in [2.24, 2.45) is 0 Å². The van der Waals surface area contributed by atoms with Crippen molar-refractivity contribution in [2.75, 3.05) is 52.1 Å². The van der Waals surface area contributed by atoms with E-state index in [1.807, 2.05) is 42.3 Å². The van der Waals surface area contributed by atoms with Gasteiger partial charge in [-0.1, -0.05) is 42.1 Å². The Labute approximate surface area is 170 Å². The van der Waals surface area contributed by atoms with E-state index in [9.17, 15) is 14.4 Å². The average molecular weight is 405 g/mol. The Balaban J connectivity index is 1.61. The summed E-state index contributed by atoms with van der Waals surface area (Å²) in [7, 11) is 2.04. The van der Waals surface area contributed by atoms with Crippen molar-refractivity contribution in [1.82, 2.24) is 20.0 Å². The summed E-state index contributed by atoms with van der Waals surface area (Å²) >= 11 is 1.25. The van der Waals surface area contributed by atoms with Gasteiger partial charge < -0.3 is 20.0 Å². The first-order valence-corrected chi connectivity index (χ1v) is 10.7. The Morgan fingerprint density at radius 2 is 1.89 bits per heavy atom. The first kappa shape index (κ1) is 20.7. The van der Waals surface area contributed by atoms with Gasteiger partial charge in [0.05, 0.1) is 0 Å². The van der Waals surface area contributed by atoms with Gasteiger partial charge in [-0.25, -0.2) is 4.79 Å². The molecule has 2 heterocycles. The number of carbonyl (C=O) groups excluding carboxylic acids is 3. The minimum atomic E-state index is -0.449. The third-order valence-electron chi connectivity index (χ3n) is 5.22. The van der Waals surface area contributed by atoms with E-state index in [-0.39, 0.29) is 23.6 Å². The van der Waals surface area contributed by atoms with Crippen molar-refractivity contribution in [2.45, 2.75) is 18.9 Å². The first-order chi connectivity index (χ1) is 13.5. The molecule has 2 saturated heterocycles. The fourth-order valence-corrected chi connectivity index (χ4v) is 4.28. The van der Waals surface area contributed by atoms with Crippen LogP contribution in [0.1, 0.15) is 12.0 Å². The molecular formula is C20H28N4O3S. The van der Waals surface area contributed by atoms with Gasteiger partial charge in [0.15, 0.2) is 0 Å². The molecule has 0 aromatic heterocycles. The highest BCUT2D eigenvalue weighted by Crippen LogP contribution is 2.19. The van der Waals surface area contributed by atoms with Gasteiger partial charge in [0, 0.05) is 38.5 Å². The van der Waals surface area contributed by atoms with Gasteiger partial charge >= 0.3 is 6.03 Å². The SMILES string of the molecule is CN1CCN(C(=O)CN(CCc2ccccc2)C(=O)NC2CCSC2=O)CC1. The van der Waals surface area contributed by atoms with Crippen LogP contribution in [-0.2, 0) is 16.0 Å². The number of amides is 3. The number of nitrogens with one attached hydrogen (secondary N) is 1. The molecule has 3 rings (SSSR count). The van der Waals surface area contributed by atoms with E-state index in [2.05, 4.69) is 10.2 Å². The molecule has 1 aromatic carbocycles. The summed E-state index contributed by atoms with van der Waals surface area (Å²) < 4.78 is 0. The number of hydrogen-bond donors (Lipinski definition) is 1. The van der Waals surface area contributed by atoms with Gasteiger partial charge in [-0.3, -0.25) is 9.59 Å². The summed E-state index contributed by atoms with van der Waals surface area (Å²) in [6, 6.07) is 9.11. The fourth-order valence-electron chi connectivity index (χ4n) is 3.35. The van der Waals surface area contributed by atoms with Crippen molar-refractivity contribution in [3.63, 3.8) is 0 Å². The molecule has 0 aliphatic carbocycles. The second-order valence-electron chi connectivity index (χ2n) is 7.30. The molecular weight excluding hydrogens is 376 g/mol. The van der Waals surface area contributed by atoms with Crippen LogP contribution in [0.25, 0.3) is 0 Å². The summed E-state index contributed by atoms with van der Waals surface area (Å²) in [4.78, 5) is 43.0. The van der Waals surface area contributed by atoms with Crippen LogP contribution in [-0.4, -0.2) is 89.9 Å². The molecule has 2 fully saturated rings. The Hall–Kier alpha value is -2.06. The highest BCUT2D eigenvalue weighted by Gasteiger charge is 2.30. The second kappa shape index (κ2) is 9.93. The molecule has 0 spiro atoms. The number of nitrogens with zero attached hydrogens (tertiary/aromatic N) is 3. The molecule has 2 aliphatic rings. The highest BCUT2D eigenvalue weighted by molar-refractivity contribution is 8.14. The molecule has 0 bridgehead atoms. The molecule has 1 aromatic rings. The average Bonchev–Trinajstić information content (AvgIpc) is 3.10. The Bertz CT molecular complexity index is 692. The second-order valence-corrected chi connectivity index (χ2v) is 8.40. The van der Waals surface area contributed by atoms with Gasteiger partial charge in [-0.05, 0) is 25.5 Å².